The van der Waals surface area contributed by atoms with E-state index in [1.165, 1.54) is 25.7 Å². The Bertz CT molecular complexity index is 951. The monoisotopic (exact) mass is 530 g/mol. The molecular formula is C29H43FN4O4. The smallest absolute Gasteiger partial charge is 0.259 e. The fraction of sp³-hybridized carbons (Fsp3) is 0.862. The summed E-state index contributed by atoms with van der Waals surface area (Å²) in [5.41, 5.74) is 0.252. The van der Waals surface area contributed by atoms with E-state index in [0.717, 1.165) is 38.8 Å². The SMILES string of the molecule is O=C1C(C(=O)N2CCOCC2)=CN2C3C(CCC4CCCCC43)OC3C(NC4CCNCC4)C(F)CC1C32. The van der Waals surface area contributed by atoms with Crippen LogP contribution in [0.1, 0.15) is 57.8 Å². The van der Waals surface area contributed by atoms with E-state index in [9.17, 15) is 9.59 Å². The largest absolute Gasteiger partial charge is 0.378 e. The topological polar surface area (TPSA) is 83.1 Å². The Hall–Kier alpha value is -1.55. The Labute approximate surface area is 225 Å². The highest BCUT2D eigenvalue weighted by molar-refractivity contribution is 6.20. The van der Waals surface area contributed by atoms with Crippen molar-refractivity contribution in [2.75, 3.05) is 39.4 Å². The zero-order valence-corrected chi connectivity index (χ0v) is 22.4. The summed E-state index contributed by atoms with van der Waals surface area (Å²) in [6.07, 6.45) is 9.54. The summed E-state index contributed by atoms with van der Waals surface area (Å²) in [4.78, 5) is 31.7. The second kappa shape index (κ2) is 10.5. The first-order valence-electron chi connectivity index (χ1n) is 15.3. The van der Waals surface area contributed by atoms with Gasteiger partial charge in [-0.05, 0) is 63.5 Å². The fourth-order valence-corrected chi connectivity index (χ4v) is 8.95. The third-order valence-corrected chi connectivity index (χ3v) is 10.8. The summed E-state index contributed by atoms with van der Waals surface area (Å²) >= 11 is 0. The van der Waals surface area contributed by atoms with Gasteiger partial charge in [0.15, 0.2) is 5.78 Å². The van der Waals surface area contributed by atoms with Gasteiger partial charge in [-0.3, -0.25) is 9.59 Å². The first-order chi connectivity index (χ1) is 18.6. The normalized spacial score (nSPS) is 43.6. The molecule has 3 saturated carbocycles. The number of morpholine rings is 2. The maximum atomic E-state index is 16.1. The van der Waals surface area contributed by atoms with Gasteiger partial charge >= 0.3 is 0 Å². The van der Waals surface area contributed by atoms with Gasteiger partial charge in [-0.1, -0.05) is 19.3 Å². The third-order valence-electron chi connectivity index (χ3n) is 10.8. The summed E-state index contributed by atoms with van der Waals surface area (Å²) in [6.45, 7) is 3.84. The molecule has 9 atom stereocenters. The molecule has 4 aliphatic heterocycles. The molecule has 0 aromatic rings. The van der Waals surface area contributed by atoms with Gasteiger partial charge in [-0.15, -0.1) is 0 Å². The molecule has 210 valence electrons. The van der Waals surface area contributed by atoms with Gasteiger partial charge in [0.2, 0.25) is 0 Å². The minimum Gasteiger partial charge on any atom is -0.378 e. The molecule has 0 bridgehead atoms. The summed E-state index contributed by atoms with van der Waals surface area (Å²) in [5, 5.41) is 7.06. The molecule has 1 amide bonds. The van der Waals surface area contributed by atoms with Crippen LogP contribution in [0.5, 0.6) is 0 Å². The highest BCUT2D eigenvalue weighted by Crippen LogP contribution is 2.51. The second-order valence-corrected chi connectivity index (χ2v) is 12.7. The van der Waals surface area contributed by atoms with Crippen LogP contribution in [0, 0.1) is 17.8 Å². The zero-order chi connectivity index (χ0) is 25.8. The molecule has 9 unspecified atom stereocenters. The lowest BCUT2D eigenvalue weighted by atomic mass is 9.63. The van der Waals surface area contributed by atoms with Crippen molar-refractivity contribution < 1.29 is 23.5 Å². The summed E-state index contributed by atoms with van der Waals surface area (Å²) in [7, 11) is 0. The lowest BCUT2D eigenvalue weighted by Crippen LogP contribution is -2.75. The van der Waals surface area contributed by atoms with Crippen molar-refractivity contribution in [2.45, 2.75) is 100 Å². The van der Waals surface area contributed by atoms with Crippen LogP contribution in [0.15, 0.2) is 11.8 Å². The average Bonchev–Trinajstić information content (AvgIpc) is 2.96. The van der Waals surface area contributed by atoms with Crippen molar-refractivity contribution in [3.63, 3.8) is 0 Å². The molecule has 0 aromatic carbocycles. The van der Waals surface area contributed by atoms with Crippen molar-refractivity contribution in [1.29, 1.82) is 0 Å². The van der Waals surface area contributed by atoms with Crippen molar-refractivity contribution >= 4 is 11.7 Å². The number of amides is 1. The van der Waals surface area contributed by atoms with Crippen molar-refractivity contribution in [1.82, 2.24) is 20.4 Å². The quantitative estimate of drug-likeness (QED) is 0.539. The molecule has 6 fully saturated rings. The van der Waals surface area contributed by atoms with Crippen LogP contribution in [-0.4, -0.2) is 103 Å². The van der Waals surface area contributed by atoms with Crippen LogP contribution in [0.2, 0.25) is 0 Å². The summed E-state index contributed by atoms with van der Waals surface area (Å²) in [5.74, 6) is 0.240. The predicted octanol–water partition coefficient (Wildman–Crippen LogP) is 1.79. The predicted molar refractivity (Wildman–Crippen MR) is 139 cm³/mol. The Balaban J connectivity index is 1.25. The molecule has 3 saturated heterocycles. The standard InChI is InChI=1S/C29H43FN4O4/c30-22-15-20-26-28(24(22)32-18-7-9-31-10-8-18)38-23-6-5-17-3-1-2-4-19(17)25(23)34(26)16-21(27(20)35)29(36)33-11-13-37-14-12-33/h16-20,22-26,28,31-32H,1-15H2. The minimum absolute atomic E-state index is 0.0167. The first kappa shape index (κ1) is 25.4. The molecule has 38 heavy (non-hydrogen) atoms. The molecule has 2 N–H and O–H groups in total. The third kappa shape index (κ3) is 4.32. The molecule has 4 heterocycles. The Morgan fingerprint density at radius 1 is 1.03 bits per heavy atom. The van der Waals surface area contributed by atoms with E-state index >= 15 is 4.39 Å². The van der Waals surface area contributed by atoms with Crippen LogP contribution in [0.4, 0.5) is 4.39 Å². The number of rotatable bonds is 3. The van der Waals surface area contributed by atoms with Gasteiger partial charge in [-0.25, -0.2) is 4.39 Å². The van der Waals surface area contributed by atoms with Crippen LogP contribution in [0.3, 0.4) is 0 Å². The fourth-order valence-electron chi connectivity index (χ4n) is 8.95. The van der Waals surface area contributed by atoms with Gasteiger partial charge in [0.25, 0.3) is 5.91 Å². The van der Waals surface area contributed by atoms with E-state index in [1.54, 1.807) is 4.90 Å². The summed E-state index contributed by atoms with van der Waals surface area (Å²) < 4.78 is 28.4. The van der Waals surface area contributed by atoms with E-state index in [1.807, 2.05) is 6.20 Å². The first-order valence-corrected chi connectivity index (χ1v) is 15.3. The van der Waals surface area contributed by atoms with Crippen LogP contribution < -0.4 is 10.6 Å². The average molecular weight is 531 g/mol. The molecule has 7 rings (SSSR count). The number of ether oxygens (including phenoxy) is 2. The zero-order valence-electron chi connectivity index (χ0n) is 22.4. The van der Waals surface area contributed by atoms with E-state index in [-0.39, 0.29) is 54.0 Å². The number of carbonyl (C=O) groups excluding carboxylic acids is 2. The van der Waals surface area contributed by atoms with Crippen LogP contribution in [-0.2, 0) is 19.1 Å². The lowest BCUT2D eigenvalue weighted by molar-refractivity contribution is -0.216. The van der Waals surface area contributed by atoms with E-state index < -0.39 is 18.1 Å². The Morgan fingerprint density at radius 2 is 1.82 bits per heavy atom. The van der Waals surface area contributed by atoms with Crippen LogP contribution in [0.25, 0.3) is 0 Å². The van der Waals surface area contributed by atoms with Gasteiger partial charge in [0.1, 0.15) is 6.17 Å². The Kier molecular flexibility index (Phi) is 6.99. The van der Waals surface area contributed by atoms with Gasteiger partial charge < -0.3 is 29.9 Å². The number of fused-ring (bicyclic) bond motifs is 4. The van der Waals surface area contributed by atoms with Gasteiger partial charge in [-0.2, -0.15) is 0 Å². The number of alkyl halides is 1. The molecule has 0 aromatic heterocycles. The molecule has 7 aliphatic rings. The number of carbonyl (C=O) groups is 2. The molecule has 0 radical (unpaired) electrons. The summed E-state index contributed by atoms with van der Waals surface area (Å²) in [6, 6.07) is -0.219. The van der Waals surface area contributed by atoms with E-state index in [2.05, 4.69) is 15.5 Å². The second-order valence-electron chi connectivity index (χ2n) is 12.7. The highest BCUT2D eigenvalue weighted by atomic mass is 19.1. The number of piperidine rings is 1. The molecule has 8 nitrogen and oxygen atoms in total. The highest BCUT2D eigenvalue weighted by Gasteiger charge is 2.61. The van der Waals surface area contributed by atoms with Gasteiger partial charge in [0, 0.05) is 31.2 Å². The molecule has 9 heteroatoms. The molecule has 3 aliphatic carbocycles. The maximum absolute atomic E-state index is 16.1. The number of hydrogen-bond donors (Lipinski definition) is 2. The van der Waals surface area contributed by atoms with Crippen molar-refractivity contribution in [3.05, 3.63) is 11.8 Å². The van der Waals surface area contributed by atoms with Gasteiger partial charge in [0.05, 0.1) is 49.1 Å². The number of Topliss-reactive ketones (excluding diaryl/α,β-unsaturated/α-hetero) is 1. The number of nitrogens with one attached hydrogen (secondary N) is 2. The lowest BCUT2D eigenvalue weighted by Gasteiger charge is -2.62. The minimum atomic E-state index is -1.18. The number of ketones is 1. The maximum Gasteiger partial charge on any atom is 0.259 e. The Morgan fingerprint density at radius 3 is 2.63 bits per heavy atom. The number of halogens is 1. The van der Waals surface area contributed by atoms with E-state index in [0.29, 0.717) is 38.1 Å². The number of nitrogens with zero attached hydrogens (tertiary/aromatic N) is 2. The van der Waals surface area contributed by atoms with Crippen molar-refractivity contribution in [2.24, 2.45) is 17.8 Å². The molecular weight excluding hydrogens is 487 g/mol. The molecule has 0 spiro atoms. The number of hydrogen-bond acceptors (Lipinski definition) is 7. The van der Waals surface area contributed by atoms with Crippen LogP contribution >= 0.6 is 0 Å². The van der Waals surface area contributed by atoms with E-state index in [4.69, 9.17) is 9.47 Å². The van der Waals surface area contributed by atoms with Crippen molar-refractivity contribution in [3.8, 4) is 0 Å².